The van der Waals surface area contributed by atoms with Crippen molar-refractivity contribution in [3.05, 3.63) is 17.2 Å². The predicted molar refractivity (Wildman–Crippen MR) is 101 cm³/mol. The molecule has 0 amide bonds. The average Bonchev–Trinajstić information content (AvgIpc) is 2.98. The topological polar surface area (TPSA) is 85.3 Å². The summed E-state index contributed by atoms with van der Waals surface area (Å²) in [6, 6.07) is 1.50. The van der Waals surface area contributed by atoms with Gasteiger partial charge in [0.05, 0.1) is 20.3 Å². The minimum absolute atomic E-state index is 0.114. The highest BCUT2D eigenvalue weighted by atomic mass is 19.4. The van der Waals surface area contributed by atoms with E-state index in [2.05, 4.69) is 4.90 Å². The second-order valence-electron chi connectivity index (χ2n) is 6.47. The van der Waals surface area contributed by atoms with Crippen molar-refractivity contribution in [2.75, 3.05) is 34.4 Å². The summed E-state index contributed by atoms with van der Waals surface area (Å²) >= 11 is 0. The van der Waals surface area contributed by atoms with Gasteiger partial charge in [0.1, 0.15) is 29.4 Å². The number of likely N-dealkylation sites (N-methyl/N-ethyl adjacent to an activating group) is 1. The fourth-order valence-corrected chi connectivity index (χ4v) is 3.46. The van der Waals surface area contributed by atoms with Crippen LogP contribution in [0.25, 0.3) is 0 Å². The number of methoxy groups -OCH3 is 2. The summed E-state index contributed by atoms with van der Waals surface area (Å²) in [5.74, 6) is -0.184. The molecule has 1 aliphatic rings. The highest BCUT2D eigenvalue weighted by Crippen LogP contribution is 2.47. The van der Waals surface area contributed by atoms with Crippen molar-refractivity contribution >= 4 is 19.3 Å². The van der Waals surface area contributed by atoms with Gasteiger partial charge in [0.15, 0.2) is 5.78 Å². The van der Waals surface area contributed by atoms with E-state index in [1.165, 1.54) is 28.1 Å². The normalized spacial score (nSPS) is 18.5. The van der Waals surface area contributed by atoms with Crippen molar-refractivity contribution < 1.29 is 41.9 Å². The minimum Gasteiger partial charge on any atom is -0.507 e. The van der Waals surface area contributed by atoms with Gasteiger partial charge in [0.2, 0.25) is 0 Å². The number of nitrogens with zero attached hydrogens (tertiary/aromatic N) is 1. The number of hydrogen-bond donors (Lipinski definition) is 1. The Hall–Kier alpha value is -2.43. The molecule has 162 valence electrons. The highest BCUT2D eigenvalue weighted by molar-refractivity contribution is 6.33. The molecule has 29 heavy (non-hydrogen) atoms. The van der Waals surface area contributed by atoms with E-state index in [4.69, 9.17) is 14.2 Å². The SMILES string of the molecule is COc1cc(OC)c([C@@H]2CCN(C)[C@H]2COC(C)=O)c(O)c1C(C)=O.FB(F)F. The van der Waals surface area contributed by atoms with Crippen LogP contribution in [-0.4, -0.2) is 69.8 Å². The number of likely N-dealkylation sites (tertiary alicyclic amines) is 1. The van der Waals surface area contributed by atoms with Crippen LogP contribution in [0.3, 0.4) is 0 Å². The molecule has 0 bridgehead atoms. The molecule has 2 atom stereocenters. The Morgan fingerprint density at radius 3 is 2.21 bits per heavy atom. The Kier molecular flexibility index (Phi) is 9.28. The molecule has 2 rings (SSSR count). The quantitative estimate of drug-likeness (QED) is 0.431. The lowest BCUT2D eigenvalue weighted by molar-refractivity contribution is -0.142. The Morgan fingerprint density at radius 2 is 1.76 bits per heavy atom. The summed E-state index contributed by atoms with van der Waals surface area (Å²) < 4.78 is 44.9. The molecule has 1 aliphatic heterocycles. The maximum Gasteiger partial charge on any atom is 0.762 e. The smallest absolute Gasteiger partial charge is 0.507 e. The second kappa shape index (κ2) is 10.9. The second-order valence-corrected chi connectivity index (χ2v) is 6.47. The number of phenols is 1. The molecule has 0 aliphatic carbocycles. The van der Waals surface area contributed by atoms with Crippen molar-refractivity contribution in [2.45, 2.75) is 32.2 Å². The number of carbonyl (C=O) groups excluding carboxylic acids is 2. The fraction of sp³-hybridized carbons (Fsp3) is 0.556. The van der Waals surface area contributed by atoms with E-state index in [-0.39, 0.29) is 47.4 Å². The molecule has 1 aromatic carbocycles. The first-order valence-corrected chi connectivity index (χ1v) is 8.79. The molecular weight excluding hydrogens is 394 g/mol. The molecule has 1 saturated heterocycles. The fourth-order valence-electron chi connectivity index (χ4n) is 3.46. The molecule has 1 N–H and O–H groups in total. The van der Waals surface area contributed by atoms with Crippen LogP contribution in [-0.2, 0) is 9.53 Å². The van der Waals surface area contributed by atoms with Crippen molar-refractivity contribution in [3.63, 3.8) is 0 Å². The summed E-state index contributed by atoms with van der Waals surface area (Å²) in [5, 5.41) is 10.8. The number of ketones is 1. The van der Waals surface area contributed by atoms with Gasteiger partial charge < -0.3 is 19.3 Å². The molecule has 0 aromatic heterocycles. The van der Waals surface area contributed by atoms with Crippen LogP contribution in [0.15, 0.2) is 6.07 Å². The van der Waals surface area contributed by atoms with Gasteiger partial charge in [0.25, 0.3) is 0 Å². The number of benzene rings is 1. The monoisotopic (exact) mass is 419 g/mol. The van der Waals surface area contributed by atoms with Gasteiger partial charge in [-0.2, -0.15) is 0 Å². The van der Waals surface area contributed by atoms with Crippen LogP contribution < -0.4 is 9.47 Å². The van der Waals surface area contributed by atoms with Crippen LogP contribution in [0.4, 0.5) is 12.9 Å². The number of ether oxygens (including phenoxy) is 3. The van der Waals surface area contributed by atoms with Gasteiger partial charge >= 0.3 is 13.5 Å². The molecule has 0 radical (unpaired) electrons. The Balaban J connectivity index is 0.000000960. The lowest BCUT2D eigenvalue weighted by Gasteiger charge is -2.27. The summed E-state index contributed by atoms with van der Waals surface area (Å²) in [5.41, 5.74) is 0.689. The summed E-state index contributed by atoms with van der Waals surface area (Å²) in [6.07, 6.45) is 0.746. The molecule has 1 heterocycles. The molecule has 0 unspecified atom stereocenters. The zero-order valence-electron chi connectivity index (χ0n) is 17.0. The lowest BCUT2D eigenvalue weighted by Crippen LogP contribution is -2.34. The molecule has 7 nitrogen and oxygen atoms in total. The van der Waals surface area contributed by atoms with Crippen LogP contribution >= 0.6 is 0 Å². The molecule has 0 saturated carbocycles. The summed E-state index contributed by atoms with van der Waals surface area (Å²) in [4.78, 5) is 25.3. The Bertz CT molecular complexity index is 731. The minimum atomic E-state index is -3.67. The number of halogens is 3. The summed E-state index contributed by atoms with van der Waals surface area (Å²) in [7, 11) is 1.21. The van der Waals surface area contributed by atoms with Crippen LogP contribution in [0.2, 0.25) is 0 Å². The van der Waals surface area contributed by atoms with Gasteiger partial charge in [-0.15, -0.1) is 0 Å². The van der Waals surface area contributed by atoms with E-state index >= 15 is 0 Å². The van der Waals surface area contributed by atoms with E-state index in [1.807, 2.05) is 7.05 Å². The third kappa shape index (κ3) is 6.28. The van der Waals surface area contributed by atoms with E-state index < -0.39 is 7.54 Å². The van der Waals surface area contributed by atoms with E-state index in [0.29, 0.717) is 11.3 Å². The number of esters is 1. The maximum atomic E-state index is 12.0. The zero-order chi connectivity index (χ0) is 22.3. The highest BCUT2D eigenvalue weighted by Gasteiger charge is 2.38. The first-order valence-electron chi connectivity index (χ1n) is 8.79. The van der Waals surface area contributed by atoms with Crippen molar-refractivity contribution in [2.24, 2.45) is 0 Å². The van der Waals surface area contributed by atoms with Gasteiger partial charge in [-0.1, -0.05) is 0 Å². The molecular formula is C18H25BF3NO6. The van der Waals surface area contributed by atoms with Crippen LogP contribution in [0.5, 0.6) is 17.2 Å². The number of aromatic hydroxyl groups is 1. The molecule has 1 fully saturated rings. The van der Waals surface area contributed by atoms with Gasteiger partial charge in [0, 0.05) is 24.5 Å². The number of rotatable bonds is 6. The third-order valence-corrected chi connectivity index (χ3v) is 4.71. The van der Waals surface area contributed by atoms with Crippen molar-refractivity contribution in [3.8, 4) is 17.2 Å². The van der Waals surface area contributed by atoms with Crippen LogP contribution in [0, 0.1) is 0 Å². The number of hydrogen-bond acceptors (Lipinski definition) is 7. The first kappa shape index (κ1) is 24.6. The Labute approximate surface area is 167 Å². The van der Waals surface area contributed by atoms with Crippen molar-refractivity contribution in [1.29, 1.82) is 0 Å². The van der Waals surface area contributed by atoms with E-state index in [1.54, 1.807) is 6.07 Å². The number of carbonyl (C=O) groups is 2. The van der Waals surface area contributed by atoms with Crippen LogP contribution in [0.1, 0.15) is 42.1 Å². The van der Waals surface area contributed by atoms with Gasteiger partial charge in [-0.25, -0.2) is 0 Å². The summed E-state index contributed by atoms with van der Waals surface area (Å²) in [6.45, 7) is 3.73. The molecule has 11 heteroatoms. The molecule has 0 spiro atoms. The van der Waals surface area contributed by atoms with E-state index in [0.717, 1.165) is 13.0 Å². The first-order chi connectivity index (χ1) is 13.5. The number of phenolic OH excluding ortho intramolecular Hbond substituents is 1. The third-order valence-electron chi connectivity index (χ3n) is 4.71. The van der Waals surface area contributed by atoms with Crippen molar-refractivity contribution in [1.82, 2.24) is 4.90 Å². The Morgan fingerprint density at radius 1 is 1.21 bits per heavy atom. The maximum absolute atomic E-state index is 12.0. The van der Waals surface area contributed by atoms with Gasteiger partial charge in [-0.3, -0.25) is 27.4 Å². The zero-order valence-corrected chi connectivity index (χ0v) is 17.0. The van der Waals surface area contributed by atoms with E-state index in [9.17, 15) is 27.6 Å². The standard InChI is InChI=1S/C18H25NO6.BF3/c1-10(20)16-14(23-4)8-15(24-5)17(18(16)22)12-6-7-19(3)13(12)9-25-11(2)21;2-1(3)4/h8,12-13,22H,6-7,9H2,1-5H3;/t12-,13+;/m1./s1. The van der Waals surface area contributed by atoms with Gasteiger partial charge in [-0.05, 0) is 26.9 Å². The average molecular weight is 419 g/mol. The largest absolute Gasteiger partial charge is 0.762 e. The lowest BCUT2D eigenvalue weighted by atomic mass is 9.88. The molecule has 1 aromatic rings. The predicted octanol–water partition coefficient (Wildman–Crippen LogP) is 2.84. The number of Topliss-reactive ketones (excluding diaryl/α,β-unsaturated/α-hetero) is 1.